The second kappa shape index (κ2) is 3.10. The van der Waals surface area contributed by atoms with E-state index in [2.05, 4.69) is 0 Å². The van der Waals surface area contributed by atoms with E-state index in [1.54, 1.807) is 24.3 Å². The number of aliphatic carboxylic acids is 1. The molecular formula is C11H12O3. The number of carboxylic acid groups (broad SMARTS) is 1. The Morgan fingerprint density at radius 2 is 1.86 bits per heavy atom. The number of carbonyl (C=O) groups is 1. The zero-order valence-corrected chi connectivity index (χ0v) is 7.68. The fourth-order valence-electron chi connectivity index (χ4n) is 1.69. The molecule has 1 aromatic carbocycles. The van der Waals surface area contributed by atoms with E-state index in [0.717, 1.165) is 0 Å². The molecule has 1 saturated carbocycles. The molecule has 0 saturated heterocycles. The predicted octanol–water partition coefficient (Wildman–Crippen LogP) is 1.58. The number of hydrogen-bond donors (Lipinski definition) is 2. The second-order valence-electron chi connectivity index (χ2n) is 3.77. The second-order valence-corrected chi connectivity index (χ2v) is 3.77. The van der Waals surface area contributed by atoms with Gasteiger partial charge in [-0.1, -0.05) is 30.3 Å². The Kier molecular flexibility index (Phi) is 2.04. The van der Waals surface area contributed by atoms with E-state index in [0.29, 0.717) is 18.4 Å². The van der Waals surface area contributed by atoms with E-state index < -0.39 is 17.5 Å². The fraction of sp³-hybridized carbons (Fsp3) is 0.364. The van der Waals surface area contributed by atoms with Crippen molar-refractivity contribution in [3.05, 3.63) is 35.9 Å². The van der Waals surface area contributed by atoms with Crippen LogP contribution in [0.5, 0.6) is 0 Å². The zero-order valence-electron chi connectivity index (χ0n) is 7.68. The van der Waals surface area contributed by atoms with E-state index in [1.807, 2.05) is 6.07 Å². The molecule has 2 N–H and O–H groups in total. The largest absolute Gasteiger partial charge is 0.481 e. The van der Waals surface area contributed by atoms with Gasteiger partial charge in [0.05, 0.1) is 11.5 Å². The highest BCUT2D eigenvalue weighted by molar-refractivity contribution is 5.78. The molecule has 0 amide bonds. The van der Waals surface area contributed by atoms with Crippen LogP contribution in [0.4, 0.5) is 0 Å². The van der Waals surface area contributed by atoms with Crippen molar-refractivity contribution in [2.24, 2.45) is 5.41 Å². The molecule has 0 heterocycles. The SMILES string of the molecule is O=C(O)C1([C@H](O)c2ccccc2)CC1. The topological polar surface area (TPSA) is 57.5 Å². The van der Waals surface area contributed by atoms with Crippen LogP contribution >= 0.6 is 0 Å². The normalized spacial score (nSPS) is 20.1. The van der Waals surface area contributed by atoms with Crippen LogP contribution in [0.3, 0.4) is 0 Å². The summed E-state index contributed by atoms with van der Waals surface area (Å²) in [6.45, 7) is 0. The summed E-state index contributed by atoms with van der Waals surface area (Å²) in [4.78, 5) is 10.9. The lowest BCUT2D eigenvalue weighted by Gasteiger charge is -2.17. The first-order valence-electron chi connectivity index (χ1n) is 4.63. The third kappa shape index (κ3) is 1.30. The molecule has 1 fully saturated rings. The molecule has 0 radical (unpaired) electrons. The third-order valence-corrected chi connectivity index (χ3v) is 2.85. The summed E-state index contributed by atoms with van der Waals surface area (Å²) in [7, 11) is 0. The van der Waals surface area contributed by atoms with Crippen molar-refractivity contribution in [3.8, 4) is 0 Å². The number of aliphatic hydroxyl groups is 1. The van der Waals surface area contributed by atoms with Gasteiger partial charge in [-0.3, -0.25) is 4.79 Å². The van der Waals surface area contributed by atoms with Crippen molar-refractivity contribution in [1.29, 1.82) is 0 Å². The minimum atomic E-state index is -0.915. The lowest BCUT2D eigenvalue weighted by Crippen LogP contribution is -2.23. The molecular weight excluding hydrogens is 180 g/mol. The predicted molar refractivity (Wildman–Crippen MR) is 50.7 cm³/mol. The van der Waals surface area contributed by atoms with Crippen molar-refractivity contribution in [2.75, 3.05) is 0 Å². The molecule has 0 spiro atoms. The van der Waals surface area contributed by atoms with Gasteiger partial charge >= 0.3 is 5.97 Å². The molecule has 3 heteroatoms. The van der Waals surface area contributed by atoms with Gasteiger partial charge in [0.1, 0.15) is 0 Å². The highest BCUT2D eigenvalue weighted by Gasteiger charge is 2.56. The molecule has 2 rings (SSSR count). The summed E-state index contributed by atoms with van der Waals surface area (Å²) in [5.41, 5.74) is -0.228. The van der Waals surface area contributed by atoms with Crippen LogP contribution in [0.1, 0.15) is 24.5 Å². The molecule has 3 nitrogen and oxygen atoms in total. The van der Waals surface area contributed by atoms with Crippen LogP contribution in [0, 0.1) is 5.41 Å². The molecule has 0 bridgehead atoms. The highest BCUT2D eigenvalue weighted by Crippen LogP contribution is 2.55. The number of aliphatic hydroxyl groups excluding tert-OH is 1. The lowest BCUT2D eigenvalue weighted by atomic mass is 9.93. The van der Waals surface area contributed by atoms with Gasteiger partial charge in [-0.15, -0.1) is 0 Å². The highest BCUT2D eigenvalue weighted by atomic mass is 16.4. The molecule has 0 aliphatic heterocycles. The molecule has 1 atom stereocenters. The van der Waals surface area contributed by atoms with E-state index in [4.69, 9.17) is 5.11 Å². The number of benzene rings is 1. The van der Waals surface area contributed by atoms with Gasteiger partial charge < -0.3 is 10.2 Å². The van der Waals surface area contributed by atoms with E-state index >= 15 is 0 Å². The van der Waals surface area contributed by atoms with E-state index in [-0.39, 0.29) is 0 Å². The summed E-state index contributed by atoms with van der Waals surface area (Å²) in [5, 5.41) is 18.9. The quantitative estimate of drug-likeness (QED) is 0.764. The van der Waals surface area contributed by atoms with Crippen LogP contribution in [-0.2, 0) is 4.79 Å². The first-order valence-corrected chi connectivity index (χ1v) is 4.63. The molecule has 74 valence electrons. The number of hydrogen-bond acceptors (Lipinski definition) is 2. The summed E-state index contributed by atoms with van der Waals surface area (Å²) >= 11 is 0. The van der Waals surface area contributed by atoms with Gasteiger partial charge in [0.25, 0.3) is 0 Å². The van der Waals surface area contributed by atoms with Gasteiger partial charge in [0.2, 0.25) is 0 Å². The minimum Gasteiger partial charge on any atom is -0.481 e. The molecule has 1 aliphatic rings. The third-order valence-electron chi connectivity index (χ3n) is 2.85. The van der Waals surface area contributed by atoms with Gasteiger partial charge in [-0.25, -0.2) is 0 Å². The Balaban J connectivity index is 2.25. The molecule has 0 aromatic heterocycles. The molecule has 0 unspecified atom stereocenters. The van der Waals surface area contributed by atoms with Gasteiger partial charge in [-0.2, -0.15) is 0 Å². The van der Waals surface area contributed by atoms with Crippen LogP contribution in [0.2, 0.25) is 0 Å². The summed E-state index contributed by atoms with van der Waals surface area (Å²) in [6, 6.07) is 8.96. The van der Waals surface area contributed by atoms with Crippen molar-refractivity contribution >= 4 is 5.97 Å². The van der Waals surface area contributed by atoms with Crippen molar-refractivity contribution in [2.45, 2.75) is 18.9 Å². The fourth-order valence-corrected chi connectivity index (χ4v) is 1.69. The molecule has 14 heavy (non-hydrogen) atoms. The Morgan fingerprint density at radius 1 is 1.29 bits per heavy atom. The summed E-state index contributed by atoms with van der Waals surface area (Å²) in [6.07, 6.45) is 0.262. The van der Waals surface area contributed by atoms with Gasteiger partial charge in [0, 0.05) is 0 Å². The first-order chi connectivity index (χ1) is 6.67. The van der Waals surface area contributed by atoms with Crippen LogP contribution < -0.4 is 0 Å². The van der Waals surface area contributed by atoms with Crippen molar-refractivity contribution < 1.29 is 15.0 Å². The van der Waals surface area contributed by atoms with Gasteiger partial charge in [0.15, 0.2) is 0 Å². The maximum absolute atomic E-state index is 10.9. The average molecular weight is 192 g/mol. The maximum atomic E-state index is 10.9. The Labute approximate surface area is 82.0 Å². The minimum absolute atomic E-state index is 0.568. The lowest BCUT2D eigenvalue weighted by molar-refractivity contribution is -0.148. The smallest absolute Gasteiger partial charge is 0.312 e. The Morgan fingerprint density at radius 3 is 2.29 bits per heavy atom. The van der Waals surface area contributed by atoms with Crippen LogP contribution in [0.15, 0.2) is 30.3 Å². The average Bonchev–Trinajstić information content (AvgIpc) is 2.99. The molecule has 1 aromatic rings. The van der Waals surface area contributed by atoms with Crippen LogP contribution in [0.25, 0.3) is 0 Å². The molecule has 1 aliphatic carbocycles. The van der Waals surface area contributed by atoms with E-state index in [9.17, 15) is 9.90 Å². The van der Waals surface area contributed by atoms with Crippen LogP contribution in [-0.4, -0.2) is 16.2 Å². The van der Waals surface area contributed by atoms with Gasteiger partial charge in [-0.05, 0) is 18.4 Å². The standard InChI is InChI=1S/C11H12O3/c12-9(8-4-2-1-3-5-8)11(6-7-11)10(13)14/h1-5,9,12H,6-7H2,(H,13,14)/t9-/m1/s1. The zero-order chi connectivity index (χ0) is 10.2. The first kappa shape index (κ1) is 9.21. The van der Waals surface area contributed by atoms with E-state index in [1.165, 1.54) is 0 Å². The summed E-state index contributed by atoms with van der Waals surface area (Å²) in [5.74, 6) is -0.895. The van der Waals surface area contributed by atoms with Crippen molar-refractivity contribution in [3.63, 3.8) is 0 Å². The number of carboxylic acids is 1. The van der Waals surface area contributed by atoms with Crippen molar-refractivity contribution in [1.82, 2.24) is 0 Å². The number of rotatable bonds is 3. The Hall–Kier alpha value is -1.35. The summed E-state index contributed by atoms with van der Waals surface area (Å²) < 4.78 is 0. The monoisotopic (exact) mass is 192 g/mol. The Bertz CT molecular complexity index is 341. The maximum Gasteiger partial charge on any atom is 0.312 e.